The van der Waals surface area contributed by atoms with E-state index in [1.54, 1.807) is 0 Å². The molecule has 0 spiro atoms. The van der Waals surface area contributed by atoms with Gasteiger partial charge in [0, 0.05) is 12.1 Å². The smallest absolute Gasteiger partial charge is 0.00772 e. The molecule has 0 aromatic heterocycles. The van der Waals surface area contributed by atoms with Crippen LogP contribution >= 0.6 is 0 Å². The fraction of sp³-hybridized carbons (Fsp3) is 1.00. The van der Waals surface area contributed by atoms with E-state index < -0.39 is 0 Å². The average Bonchev–Trinajstić information content (AvgIpc) is 2.80. The minimum Gasteiger partial charge on any atom is -0.311 e. The monoisotopic (exact) mass is 209 g/mol. The number of hydrogen-bond acceptors (Lipinski definition) is 1. The van der Waals surface area contributed by atoms with Crippen LogP contribution in [0.4, 0.5) is 0 Å². The highest BCUT2D eigenvalue weighted by molar-refractivity contribution is 4.91. The van der Waals surface area contributed by atoms with Crippen LogP contribution in [-0.2, 0) is 0 Å². The van der Waals surface area contributed by atoms with Crippen LogP contribution in [-0.4, -0.2) is 12.1 Å². The van der Waals surface area contributed by atoms with Gasteiger partial charge in [0.25, 0.3) is 0 Å². The molecule has 1 nitrogen and oxygen atoms in total. The lowest BCUT2D eigenvalue weighted by atomic mass is 9.70. The SMILES string of the molecule is CC1CC(NC(C)C2CC2)CC(C)(C)C1. The first kappa shape index (κ1) is 11.4. The molecule has 2 saturated carbocycles. The molecule has 0 bridgehead atoms. The molecule has 2 aliphatic rings. The van der Waals surface area contributed by atoms with Crippen LogP contribution in [0.3, 0.4) is 0 Å². The first-order chi connectivity index (χ1) is 6.96. The third-order valence-electron chi connectivity index (χ3n) is 4.21. The van der Waals surface area contributed by atoms with E-state index in [0.29, 0.717) is 5.41 Å². The molecule has 2 rings (SSSR count). The molecular weight excluding hydrogens is 182 g/mol. The van der Waals surface area contributed by atoms with Gasteiger partial charge < -0.3 is 5.32 Å². The second-order valence-electron chi connectivity index (χ2n) is 6.90. The maximum atomic E-state index is 3.87. The van der Waals surface area contributed by atoms with Gasteiger partial charge in [-0.1, -0.05) is 20.8 Å². The number of hydrogen-bond donors (Lipinski definition) is 1. The molecule has 3 atom stereocenters. The Morgan fingerprint density at radius 3 is 2.40 bits per heavy atom. The molecule has 0 aromatic carbocycles. The van der Waals surface area contributed by atoms with Crippen molar-refractivity contribution >= 4 is 0 Å². The van der Waals surface area contributed by atoms with E-state index in [1.807, 2.05) is 0 Å². The molecule has 88 valence electrons. The predicted molar refractivity (Wildman–Crippen MR) is 65.9 cm³/mol. The van der Waals surface area contributed by atoms with E-state index >= 15 is 0 Å². The minimum atomic E-state index is 0.554. The van der Waals surface area contributed by atoms with Crippen LogP contribution in [0.15, 0.2) is 0 Å². The molecule has 15 heavy (non-hydrogen) atoms. The van der Waals surface area contributed by atoms with Gasteiger partial charge in [0.15, 0.2) is 0 Å². The van der Waals surface area contributed by atoms with Crippen molar-refractivity contribution in [2.24, 2.45) is 17.3 Å². The first-order valence-corrected chi connectivity index (χ1v) is 6.72. The second-order valence-corrected chi connectivity index (χ2v) is 6.90. The van der Waals surface area contributed by atoms with E-state index in [2.05, 4.69) is 33.0 Å². The van der Waals surface area contributed by atoms with Crippen molar-refractivity contribution < 1.29 is 0 Å². The van der Waals surface area contributed by atoms with Crippen LogP contribution in [0.1, 0.15) is 59.8 Å². The lowest BCUT2D eigenvalue weighted by Crippen LogP contribution is -2.44. The van der Waals surface area contributed by atoms with Crippen molar-refractivity contribution in [2.45, 2.75) is 71.9 Å². The number of nitrogens with one attached hydrogen (secondary N) is 1. The predicted octanol–water partition coefficient (Wildman–Crippen LogP) is 3.59. The van der Waals surface area contributed by atoms with Crippen molar-refractivity contribution in [1.82, 2.24) is 5.32 Å². The van der Waals surface area contributed by atoms with Crippen LogP contribution in [0.2, 0.25) is 0 Å². The zero-order valence-electron chi connectivity index (χ0n) is 10.8. The molecule has 0 aromatic rings. The van der Waals surface area contributed by atoms with Gasteiger partial charge in [0.1, 0.15) is 0 Å². The van der Waals surface area contributed by atoms with Gasteiger partial charge in [0.05, 0.1) is 0 Å². The van der Waals surface area contributed by atoms with Crippen LogP contribution < -0.4 is 5.32 Å². The summed E-state index contributed by atoms with van der Waals surface area (Å²) < 4.78 is 0. The highest BCUT2D eigenvalue weighted by Gasteiger charge is 2.35. The summed E-state index contributed by atoms with van der Waals surface area (Å²) in [5.74, 6) is 1.89. The van der Waals surface area contributed by atoms with Gasteiger partial charge in [-0.25, -0.2) is 0 Å². The molecule has 3 unspecified atom stereocenters. The Balaban J connectivity index is 1.85. The summed E-state index contributed by atoms with van der Waals surface area (Å²) in [7, 11) is 0. The molecule has 0 radical (unpaired) electrons. The Morgan fingerprint density at radius 2 is 1.87 bits per heavy atom. The quantitative estimate of drug-likeness (QED) is 0.749. The van der Waals surface area contributed by atoms with Crippen molar-refractivity contribution in [3.05, 3.63) is 0 Å². The second kappa shape index (κ2) is 4.08. The summed E-state index contributed by atoms with van der Waals surface area (Å²) in [5, 5.41) is 3.87. The molecule has 0 heterocycles. The Morgan fingerprint density at radius 1 is 1.20 bits per heavy atom. The highest BCUT2D eigenvalue weighted by atomic mass is 15.0. The van der Waals surface area contributed by atoms with Crippen LogP contribution in [0.25, 0.3) is 0 Å². The molecule has 2 fully saturated rings. The van der Waals surface area contributed by atoms with E-state index in [0.717, 1.165) is 23.9 Å². The lowest BCUT2D eigenvalue weighted by Gasteiger charge is -2.40. The summed E-state index contributed by atoms with van der Waals surface area (Å²) >= 11 is 0. The third-order valence-corrected chi connectivity index (χ3v) is 4.21. The van der Waals surface area contributed by atoms with E-state index in [4.69, 9.17) is 0 Å². The van der Waals surface area contributed by atoms with Crippen molar-refractivity contribution in [3.8, 4) is 0 Å². The Labute approximate surface area is 95.0 Å². The fourth-order valence-corrected chi connectivity index (χ4v) is 3.58. The van der Waals surface area contributed by atoms with Crippen LogP contribution in [0.5, 0.6) is 0 Å². The molecule has 1 N–H and O–H groups in total. The summed E-state index contributed by atoms with van der Waals surface area (Å²) in [6.45, 7) is 9.65. The molecule has 2 aliphatic carbocycles. The maximum absolute atomic E-state index is 3.87. The zero-order valence-corrected chi connectivity index (χ0v) is 10.8. The summed E-state index contributed by atoms with van der Waals surface area (Å²) in [6, 6.07) is 1.54. The third kappa shape index (κ3) is 3.21. The summed E-state index contributed by atoms with van der Waals surface area (Å²) in [6.07, 6.45) is 7.08. The standard InChI is InChI=1S/C14H27N/c1-10-7-13(9-14(3,4)8-10)15-11(2)12-5-6-12/h10-13,15H,5-9H2,1-4H3. The number of rotatable bonds is 3. The Bertz CT molecular complexity index is 217. The fourth-order valence-electron chi connectivity index (χ4n) is 3.58. The largest absolute Gasteiger partial charge is 0.311 e. The lowest BCUT2D eigenvalue weighted by molar-refractivity contribution is 0.143. The minimum absolute atomic E-state index is 0.554. The van der Waals surface area contributed by atoms with Gasteiger partial charge in [-0.2, -0.15) is 0 Å². The molecule has 0 amide bonds. The van der Waals surface area contributed by atoms with Crippen LogP contribution in [0, 0.1) is 17.3 Å². The maximum Gasteiger partial charge on any atom is 0.00772 e. The Kier molecular flexibility index (Phi) is 3.12. The van der Waals surface area contributed by atoms with E-state index in [9.17, 15) is 0 Å². The molecular formula is C14H27N. The summed E-state index contributed by atoms with van der Waals surface area (Å²) in [5.41, 5.74) is 0.554. The molecule has 0 aliphatic heterocycles. The van der Waals surface area contributed by atoms with Gasteiger partial charge in [-0.05, 0) is 56.3 Å². The van der Waals surface area contributed by atoms with Crippen molar-refractivity contribution in [3.63, 3.8) is 0 Å². The Hall–Kier alpha value is -0.0400. The normalized spacial score (nSPS) is 37.6. The van der Waals surface area contributed by atoms with Gasteiger partial charge in [-0.3, -0.25) is 0 Å². The van der Waals surface area contributed by atoms with Crippen molar-refractivity contribution in [2.75, 3.05) is 0 Å². The molecule has 0 saturated heterocycles. The zero-order chi connectivity index (χ0) is 11.1. The average molecular weight is 209 g/mol. The van der Waals surface area contributed by atoms with Gasteiger partial charge in [-0.15, -0.1) is 0 Å². The van der Waals surface area contributed by atoms with Crippen molar-refractivity contribution in [1.29, 1.82) is 0 Å². The van der Waals surface area contributed by atoms with E-state index in [1.165, 1.54) is 32.1 Å². The highest BCUT2D eigenvalue weighted by Crippen LogP contribution is 2.40. The first-order valence-electron chi connectivity index (χ1n) is 6.72. The molecule has 1 heteroatoms. The topological polar surface area (TPSA) is 12.0 Å². The van der Waals surface area contributed by atoms with Gasteiger partial charge >= 0.3 is 0 Å². The van der Waals surface area contributed by atoms with Gasteiger partial charge in [0.2, 0.25) is 0 Å². The van der Waals surface area contributed by atoms with E-state index in [-0.39, 0.29) is 0 Å². The summed E-state index contributed by atoms with van der Waals surface area (Å²) in [4.78, 5) is 0.